The second kappa shape index (κ2) is 9.51. The molecule has 2 aromatic carbocycles. The first-order valence-corrected chi connectivity index (χ1v) is 9.71. The highest BCUT2D eigenvalue weighted by Crippen LogP contribution is 2.24. The monoisotopic (exact) mass is 381 g/mol. The van der Waals surface area contributed by atoms with Gasteiger partial charge in [-0.1, -0.05) is 74.5 Å². The lowest BCUT2D eigenvalue weighted by atomic mass is 9.96. The molecule has 1 aliphatic heterocycles. The molecule has 0 saturated carbocycles. The van der Waals surface area contributed by atoms with Crippen LogP contribution in [-0.4, -0.2) is 36.2 Å². The van der Waals surface area contributed by atoms with Crippen LogP contribution in [0.3, 0.4) is 0 Å². The zero-order chi connectivity index (χ0) is 19.9. The maximum absolute atomic E-state index is 13.3. The van der Waals surface area contributed by atoms with Gasteiger partial charge in [-0.25, -0.2) is 9.69 Å². The summed E-state index contributed by atoms with van der Waals surface area (Å²) in [5.74, 6) is -0.533. The Morgan fingerprint density at radius 1 is 1.07 bits per heavy atom. The van der Waals surface area contributed by atoms with Crippen molar-refractivity contribution in [1.82, 2.24) is 4.90 Å². The molecule has 5 heteroatoms. The predicted octanol–water partition coefficient (Wildman–Crippen LogP) is 4.07. The summed E-state index contributed by atoms with van der Waals surface area (Å²) in [5, 5.41) is 0. The summed E-state index contributed by atoms with van der Waals surface area (Å²) in [6.45, 7) is 4.91. The van der Waals surface area contributed by atoms with Crippen molar-refractivity contribution in [3.05, 3.63) is 71.8 Å². The van der Waals surface area contributed by atoms with Crippen LogP contribution in [0.5, 0.6) is 0 Å². The number of ether oxygens (including phenoxy) is 2. The van der Waals surface area contributed by atoms with Gasteiger partial charge in [-0.05, 0) is 23.5 Å². The zero-order valence-electron chi connectivity index (χ0n) is 16.4. The van der Waals surface area contributed by atoms with E-state index < -0.39 is 12.0 Å². The number of cyclic esters (lactones) is 1. The maximum atomic E-state index is 13.3. The SMILES string of the molecule is CC(C)[C@@H]1COC(=O)N1C(=O)[C@H](COCc1ccccc1)Cc1ccccc1. The van der Waals surface area contributed by atoms with Crippen LogP contribution in [0.4, 0.5) is 4.79 Å². The average Bonchev–Trinajstić information content (AvgIpc) is 3.10. The van der Waals surface area contributed by atoms with Crippen LogP contribution in [0.15, 0.2) is 60.7 Å². The van der Waals surface area contributed by atoms with Crippen LogP contribution in [-0.2, 0) is 27.3 Å². The Morgan fingerprint density at radius 3 is 2.29 bits per heavy atom. The minimum absolute atomic E-state index is 0.137. The number of hydrogen-bond donors (Lipinski definition) is 0. The smallest absolute Gasteiger partial charge is 0.416 e. The van der Waals surface area contributed by atoms with E-state index in [0.29, 0.717) is 13.0 Å². The number of rotatable bonds is 8. The largest absolute Gasteiger partial charge is 0.447 e. The third kappa shape index (κ3) is 4.98. The van der Waals surface area contributed by atoms with E-state index in [1.165, 1.54) is 4.90 Å². The van der Waals surface area contributed by atoms with E-state index in [1.54, 1.807) is 0 Å². The molecular weight excluding hydrogens is 354 g/mol. The van der Waals surface area contributed by atoms with Crippen LogP contribution in [0.25, 0.3) is 0 Å². The number of amides is 2. The van der Waals surface area contributed by atoms with Crippen molar-refractivity contribution in [2.75, 3.05) is 13.2 Å². The highest BCUT2D eigenvalue weighted by molar-refractivity contribution is 5.95. The van der Waals surface area contributed by atoms with Gasteiger partial charge in [-0.3, -0.25) is 4.79 Å². The summed E-state index contributed by atoms with van der Waals surface area (Å²) in [6.07, 6.45) is -0.0342. The van der Waals surface area contributed by atoms with Gasteiger partial charge in [0, 0.05) is 0 Å². The molecule has 5 nitrogen and oxygen atoms in total. The van der Waals surface area contributed by atoms with Gasteiger partial charge in [0.25, 0.3) is 0 Å². The summed E-state index contributed by atoms with van der Waals surface area (Å²) in [6, 6.07) is 19.4. The molecular formula is C23H27NO4. The highest BCUT2D eigenvalue weighted by Gasteiger charge is 2.42. The summed E-state index contributed by atoms with van der Waals surface area (Å²) in [5.41, 5.74) is 2.09. The van der Waals surface area contributed by atoms with E-state index in [4.69, 9.17) is 9.47 Å². The molecule has 148 valence electrons. The summed E-state index contributed by atoms with van der Waals surface area (Å²) >= 11 is 0. The Labute approximate surface area is 166 Å². The third-order valence-corrected chi connectivity index (χ3v) is 5.02. The molecule has 0 aromatic heterocycles. The van der Waals surface area contributed by atoms with Crippen molar-refractivity contribution < 1.29 is 19.1 Å². The minimum Gasteiger partial charge on any atom is -0.447 e. The fourth-order valence-electron chi connectivity index (χ4n) is 3.39. The van der Waals surface area contributed by atoms with Crippen molar-refractivity contribution in [2.45, 2.75) is 32.9 Å². The number of carbonyl (C=O) groups excluding carboxylic acids is 2. The molecule has 3 rings (SSSR count). The Morgan fingerprint density at radius 2 is 1.68 bits per heavy atom. The molecule has 0 aliphatic carbocycles. The molecule has 0 unspecified atom stereocenters. The van der Waals surface area contributed by atoms with Gasteiger partial charge in [0.15, 0.2) is 0 Å². The quantitative estimate of drug-likeness (QED) is 0.692. The Bertz CT molecular complexity index is 776. The molecule has 2 atom stereocenters. The van der Waals surface area contributed by atoms with Gasteiger partial charge in [-0.15, -0.1) is 0 Å². The molecule has 1 aliphatic rings. The standard InChI is InChI=1S/C23H27NO4/c1-17(2)21-16-28-23(26)24(21)22(25)20(13-18-9-5-3-6-10-18)15-27-14-19-11-7-4-8-12-19/h3-12,17,20-21H,13-16H2,1-2H3/t20-,21-/m0/s1. The molecule has 1 saturated heterocycles. The average molecular weight is 381 g/mol. The van der Waals surface area contributed by atoms with Crippen LogP contribution < -0.4 is 0 Å². The summed E-state index contributed by atoms with van der Waals surface area (Å²) in [4.78, 5) is 26.8. The lowest BCUT2D eigenvalue weighted by molar-refractivity contribution is -0.136. The second-order valence-corrected chi connectivity index (χ2v) is 7.48. The van der Waals surface area contributed by atoms with Gasteiger partial charge < -0.3 is 9.47 Å². The number of hydrogen-bond acceptors (Lipinski definition) is 4. The predicted molar refractivity (Wildman–Crippen MR) is 107 cm³/mol. The van der Waals surface area contributed by atoms with Gasteiger partial charge in [-0.2, -0.15) is 0 Å². The van der Waals surface area contributed by atoms with E-state index in [-0.39, 0.29) is 31.1 Å². The fourth-order valence-corrected chi connectivity index (χ4v) is 3.39. The Kier molecular flexibility index (Phi) is 6.82. The van der Waals surface area contributed by atoms with E-state index in [2.05, 4.69) is 0 Å². The van der Waals surface area contributed by atoms with Crippen LogP contribution in [0, 0.1) is 11.8 Å². The Hall–Kier alpha value is -2.66. The topological polar surface area (TPSA) is 55.8 Å². The van der Waals surface area contributed by atoms with Gasteiger partial charge in [0.1, 0.15) is 6.61 Å². The van der Waals surface area contributed by atoms with E-state index in [1.807, 2.05) is 74.5 Å². The maximum Gasteiger partial charge on any atom is 0.416 e. The van der Waals surface area contributed by atoms with E-state index in [0.717, 1.165) is 11.1 Å². The molecule has 2 amide bonds. The third-order valence-electron chi connectivity index (χ3n) is 5.02. The molecule has 0 spiro atoms. The molecule has 0 bridgehead atoms. The number of imide groups is 1. The first-order chi connectivity index (χ1) is 13.6. The molecule has 1 heterocycles. The lowest BCUT2D eigenvalue weighted by Gasteiger charge is -2.27. The molecule has 28 heavy (non-hydrogen) atoms. The Balaban J connectivity index is 1.72. The normalized spacial score (nSPS) is 17.6. The molecule has 0 radical (unpaired) electrons. The van der Waals surface area contributed by atoms with Crippen LogP contribution >= 0.6 is 0 Å². The van der Waals surface area contributed by atoms with Crippen LogP contribution in [0.2, 0.25) is 0 Å². The van der Waals surface area contributed by atoms with Crippen molar-refractivity contribution >= 4 is 12.0 Å². The highest BCUT2D eigenvalue weighted by atomic mass is 16.6. The van der Waals surface area contributed by atoms with Crippen molar-refractivity contribution in [3.8, 4) is 0 Å². The molecule has 1 fully saturated rings. The minimum atomic E-state index is -0.551. The lowest BCUT2D eigenvalue weighted by Crippen LogP contribution is -2.46. The van der Waals surface area contributed by atoms with Crippen molar-refractivity contribution in [3.63, 3.8) is 0 Å². The molecule has 2 aromatic rings. The van der Waals surface area contributed by atoms with Crippen LogP contribution in [0.1, 0.15) is 25.0 Å². The van der Waals surface area contributed by atoms with E-state index in [9.17, 15) is 9.59 Å². The van der Waals surface area contributed by atoms with Gasteiger partial charge in [0.2, 0.25) is 5.91 Å². The zero-order valence-corrected chi connectivity index (χ0v) is 16.4. The fraction of sp³-hybridized carbons (Fsp3) is 0.391. The van der Waals surface area contributed by atoms with Gasteiger partial charge in [0.05, 0.1) is 25.2 Å². The number of carbonyl (C=O) groups is 2. The number of benzene rings is 2. The first kappa shape index (κ1) is 20.1. The second-order valence-electron chi connectivity index (χ2n) is 7.48. The van der Waals surface area contributed by atoms with Crippen molar-refractivity contribution in [2.24, 2.45) is 11.8 Å². The first-order valence-electron chi connectivity index (χ1n) is 9.71. The van der Waals surface area contributed by atoms with Gasteiger partial charge >= 0.3 is 6.09 Å². The van der Waals surface area contributed by atoms with E-state index >= 15 is 0 Å². The van der Waals surface area contributed by atoms with Crippen molar-refractivity contribution in [1.29, 1.82) is 0 Å². The number of nitrogens with zero attached hydrogens (tertiary/aromatic N) is 1. The summed E-state index contributed by atoms with van der Waals surface area (Å²) in [7, 11) is 0. The molecule has 0 N–H and O–H groups in total. The summed E-state index contributed by atoms with van der Waals surface area (Å²) < 4.78 is 11.0.